The Hall–Kier alpha value is -1.39. The van der Waals surface area contributed by atoms with E-state index < -0.39 is 6.10 Å². The average molecular weight is 329 g/mol. The van der Waals surface area contributed by atoms with Crippen molar-refractivity contribution in [2.75, 3.05) is 0 Å². The van der Waals surface area contributed by atoms with Gasteiger partial charge in [0.2, 0.25) is 5.91 Å². The summed E-state index contributed by atoms with van der Waals surface area (Å²) in [5, 5.41) is 10.8. The van der Waals surface area contributed by atoms with Crippen molar-refractivity contribution in [1.82, 2.24) is 5.48 Å². The molecule has 4 fully saturated rings. The second-order valence-electron chi connectivity index (χ2n) is 8.30. The number of rotatable bonds is 6. The van der Waals surface area contributed by atoms with Crippen molar-refractivity contribution in [3.63, 3.8) is 0 Å². The molecule has 0 aliphatic heterocycles. The van der Waals surface area contributed by atoms with Gasteiger partial charge >= 0.3 is 0 Å². The van der Waals surface area contributed by atoms with Gasteiger partial charge in [0, 0.05) is 0 Å². The van der Waals surface area contributed by atoms with Crippen LogP contribution in [0.1, 0.15) is 50.5 Å². The number of amides is 1. The summed E-state index contributed by atoms with van der Waals surface area (Å²) in [6, 6.07) is 9.74. The fourth-order valence-corrected chi connectivity index (χ4v) is 5.79. The van der Waals surface area contributed by atoms with Crippen molar-refractivity contribution in [2.24, 2.45) is 23.2 Å². The fourth-order valence-electron chi connectivity index (χ4n) is 5.79. The van der Waals surface area contributed by atoms with Gasteiger partial charge in [-0.3, -0.25) is 9.63 Å². The van der Waals surface area contributed by atoms with Gasteiger partial charge in [-0.25, -0.2) is 5.48 Å². The molecule has 4 bridgehead atoms. The topological polar surface area (TPSA) is 58.6 Å². The third-order valence-corrected chi connectivity index (χ3v) is 6.44. The summed E-state index contributed by atoms with van der Waals surface area (Å²) in [5.41, 5.74) is 3.50. The van der Waals surface area contributed by atoms with Crippen molar-refractivity contribution in [1.29, 1.82) is 0 Å². The summed E-state index contributed by atoms with van der Waals surface area (Å²) in [7, 11) is 0. The number of nitrogens with one attached hydrogen (secondary N) is 1. The standard InChI is InChI=1S/C20H27NO3/c22-18(9-19(23)21-24-13-14-4-2-1-3-5-14)20-10-15-6-16(11-20)8-17(7-15)12-20/h1-5,15-18,22H,6-13H2,(H,21,23). The molecule has 130 valence electrons. The molecule has 0 spiro atoms. The second-order valence-corrected chi connectivity index (χ2v) is 8.30. The van der Waals surface area contributed by atoms with Crippen molar-refractivity contribution >= 4 is 5.91 Å². The largest absolute Gasteiger partial charge is 0.392 e. The van der Waals surface area contributed by atoms with Crippen LogP contribution < -0.4 is 5.48 Å². The SMILES string of the molecule is O=C(CC(O)C12CC3CC(CC(C3)C1)C2)NOCc1ccccc1. The minimum Gasteiger partial charge on any atom is -0.392 e. The van der Waals surface area contributed by atoms with E-state index in [0.29, 0.717) is 6.61 Å². The van der Waals surface area contributed by atoms with E-state index in [4.69, 9.17) is 4.84 Å². The lowest BCUT2D eigenvalue weighted by Crippen LogP contribution is -2.52. The van der Waals surface area contributed by atoms with Gasteiger partial charge in [-0.1, -0.05) is 30.3 Å². The van der Waals surface area contributed by atoms with Gasteiger partial charge in [-0.15, -0.1) is 0 Å². The summed E-state index contributed by atoms with van der Waals surface area (Å²) in [6.45, 7) is 0.347. The van der Waals surface area contributed by atoms with Crippen molar-refractivity contribution in [2.45, 2.75) is 57.7 Å². The van der Waals surface area contributed by atoms with E-state index in [0.717, 1.165) is 42.6 Å². The predicted octanol–water partition coefficient (Wildman–Crippen LogP) is 3.20. The molecule has 0 aromatic heterocycles. The van der Waals surface area contributed by atoms with Crippen LogP contribution in [0.2, 0.25) is 0 Å². The molecule has 0 saturated heterocycles. The molecule has 1 unspecified atom stereocenters. The number of aliphatic hydroxyl groups excluding tert-OH is 1. The molecule has 24 heavy (non-hydrogen) atoms. The summed E-state index contributed by atoms with van der Waals surface area (Å²) < 4.78 is 0. The highest BCUT2D eigenvalue weighted by molar-refractivity contribution is 5.75. The Morgan fingerprint density at radius 2 is 1.71 bits per heavy atom. The van der Waals surface area contributed by atoms with Crippen LogP contribution in [0, 0.1) is 23.2 Å². The molecule has 4 aliphatic rings. The molecular formula is C20H27NO3. The molecule has 4 saturated carbocycles. The van der Waals surface area contributed by atoms with Crippen LogP contribution in [0.25, 0.3) is 0 Å². The Morgan fingerprint density at radius 3 is 2.29 bits per heavy atom. The monoisotopic (exact) mass is 329 g/mol. The van der Waals surface area contributed by atoms with Crippen LogP contribution in [0.15, 0.2) is 30.3 Å². The van der Waals surface area contributed by atoms with Crippen LogP contribution in [0.5, 0.6) is 0 Å². The number of hydrogen-bond donors (Lipinski definition) is 2. The molecule has 1 atom stereocenters. The molecule has 4 heteroatoms. The van der Waals surface area contributed by atoms with Crippen LogP contribution in [0.4, 0.5) is 0 Å². The molecule has 1 aromatic rings. The summed E-state index contributed by atoms with van der Waals surface area (Å²) in [5.74, 6) is 2.13. The number of aliphatic hydroxyl groups is 1. The van der Waals surface area contributed by atoms with E-state index in [9.17, 15) is 9.90 Å². The van der Waals surface area contributed by atoms with Gasteiger partial charge in [0.1, 0.15) is 0 Å². The lowest BCUT2D eigenvalue weighted by atomic mass is 9.48. The first kappa shape index (κ1) is 16.1. The fraction of sp³-hybridized carbons (Fsp3) is 0.650. The van der Waals surface area contributed by atoms with Crippen LogP contribution in [-0.4, -0.2) is 17.1 Å². The van der Waals surface area contributed by atoms with Crippen LogP contribution in [-0.2, 0) is 16.2 Å². The van der Waals surface area contributed by atoms with E-state index in [-0.39, 0.29) is 17.7 Å². The number of hydrogen-bond acceptors (Lipinski definition) is 3. The first-order valence-corrected chi connectivity index (χ1v) is 9.25. The third kappa shape index (κ3) is 3.22. The zero-order valence-electron chi connectivity index (χ0n) is 14.1. The highest BCUT2D eigenvalue weighted by atomic mass is 16.6. The lowest BCUT2D eigenvalue weighted by molar-refractivity contribution is -0.149. The van der Waals surface area contributed by atoms with E-state index >= 15 is 0 Å². The predicted molar refractivity (Wildman–Crippen MR) is 90.6 cm³/mol. The Kier molecular flexibility index (Phi) is 4.35. The quantitative estimate of drug-likeness (QED) is 0.788. The van der Waals surface area contributed by atoms with Crippen molar-refractivity contribution in [3.8, 4) is 0 Å². The Balaban J connectivity index is 1.28. The van der Waals surface area contributed by atoms with Gasteiger partial charge in [0.05, 0.1) is 19.1 Å². The average Bonchev–Trinajstić information content (AvgIpc) is 2.54. The van der Waals surface area contributed by atoms with Gasteiger partial charge in [0.25, 0.3) is 0 Å². The first-order chi connectivity index (χ1) is 11.6. The van der Waals surface area contributed by atoms with Crippen molar-refractivity contribution < 1.29 is 14.7 Å². The number of carbonyl (C=O) groups is 1. The van der Waals surface area contributed by atoms with Crippen molar-refractivity contribution in [3.05, 3.63) is 35.9 Å². The molecule has 4 nitrogen and oxygen atoms in total. The van der Waals surface area contributed by atoms with E-state index in [1.54, 1.807) is 0 Å². The highest BCUT2D eigenvalue weighted by Crippen LogP contribution is 2.61. The summed E-state index contributed by atoms with van der Waals surface area (Å²) in [6.07, 6.45) is 6.98. The molecule has 0 radical (unpaired) electrons. The zero-order chi connectivity index (χ0) is 16.6. The molecule has 1 amide bonds. The number of benzene rings is 1. The molecular weight excluding hydrogens is 302 g/mol. The molecule has 5 rings (SSSR count). The highest BCUT2D eigenvalue weighted by Gasteiger charge is 2.54. The lowest BCUT2D eigenvalue weighted by Gasteiger charge is -2.58. The summed E-state index contributed by atoms with van der Waals surface area (Å²) >= 11 is 0. The normalized spacial score (nSPS) is 35.0. The minimum absolute atomic E-state index is 0.00841. The van der Waals surface area contributed by atoms with Gasteiger partial charge < -0.3 is 5.11 Å². The van der Waals surface area contributed by atoms with Gasteiger partial charge in [0.15, 0.2) is 0 Å². The van der Waals surface area contributed by atoms with Gasteiger partial charge in [-0.05, 0) is 67.3 Å². The molecule has 4 aliphatic carbocycles. The molecule has 0 heterocycles. The maximum atomic E-state index is 12.1. The summed E-state index contributed by atoms with van der Waals surface area (Å²) in [4.78, 5) is 17.4. The maximum Gasteiger partial charge on any atom is 0.246 e. The number of hydroxylamine groups is 1. The Labute approximate surface area is 143 Å². The number of carbonyl (C=O) groups excluding carboxylic acids is 1. The molecule has 1 aromatic carbocycles. The minimum atomic E-state index is -0.536. The van der Waals surface area contributed by atoms with E-state index in [1.165, 1.54) is 19.3 Å². The second kappa shape index (κ2) is 6.49. The molecule has 2 N–H and O–H groups in total. The van der Waals surface area contributed by atoms with Gasteiger partial charge in [-0.2, -0.15) is 0 Å². The van der Waals surface area contributed by atoms with E-state index in [1.807, 2.05) is 30.3 Å². The van der Waals surface area contributed by atoms with Crippen LogP contribution >= 0.6 is 0 Å². The smallest absolute Gasteiger partial charge is 0.246 e. The first-order valence-electron chi connectivity index (χ1n) is 9.25. The zero-order valence-corrected chi connectivity index (χ0v) is 14.1. The Bertz CT molecular complexity index is 551. The maximum absolute atomic E-state index is 12.1. The van der Waals surface area contributed by atoms with E-state index in [2.05, 4.69) is 5.48 Å². The third-order valence-electron chi connectivity index (χ3n) is 6.44. The Morgan fingerprint density at radius 1 is 1.12 bits per heavy atom. The van der Waals surface area contributed by atoms with Crippen LogP contribution in [0.3, 0.4) is 0 Å².